The van der Waals surface area contributed by atoms with E-state index in [1.54, 1.807) is 18.2 Å². The number of furan rings is 1. The molecule has 1 aromatic heterocycles. The standard InChI is InChI=1S/C13H13BrFNO2/c14-13-10(4-5-18-13)12(17)11(7-16)8-2-1-3-9(15)6-8/h1-6,11-12,17H,7,16H2. The number of aliphatic hydroxyl groups is 1. The number of hydrogen-bond acceptors (Lipinski definition) is 3. The van der Waals surface area contributed by atoms with Crippen LogP contribution in [0, 0.1) is 5.82 Å². The highest BCUT2D eigenvalue weighted by atomic mass is 79.9. The average molecular weight is 314 g/mol. The van der Waals surface area contributed by atoms with Gasteiger partial charge in [0.05, 0.1) is 12.4 Å². The molecule has 2 atom stereocenters. The summed E-state index contributed by atoms with van der Waals surface area (Å²) in [7, 11) is 0. The van der Waals surface area contributed by atoms with Crippen LogP contribution in [0.25, 0.3) is 0 Å². The van der Waals surface area contributed by atoms with Crippen LogP contribution in [0.5, 0.6) is 0 Å². The minimum Gasteiger partial charge on any atom is -0.457 e. The Morgan fingerprint density at radius 2 is 2.17 bits per heavy atom. The summed E-state index contributed by atoms with van der Waals surface area (Å²) in [5.41, 5.74) is 6.95. The van der Waals surface area contributed by atoms with Crippen molar-refractivity contribution < 1.29 is 13.9 Å². The molecule has 0 saturated heterocycles. The zero-order valence-corrected chi connectivity index (χ0v) is 11.1. The molecule has 0 aliphatic rings. The van der Waals surface area contributed by atoms with Gasteiger partial charge in [0.15, 0.2) is 4.67 Å². The zero-order chi connectivity index (χ0) is 13.1. The molecule has 3 N–H and O–H groups in total. The van der Waals surface area contributed by atoms with E-state index in [1.807, 2.05) is 0 Å². The van der Waals surface area contributed by atoms with Gasteiger partial charge in [-0.05, 0) is 39.7 Å². The second kappa shape index (κ2) is 5.65. The fourth-order valence-electron chi connectivity index (χ4n) is 1.92. The molecule has 0 spiro atoms. The predicted octanol–water partition coefficient (Wildman–Crippen LogP) is 2.96. The Hall–Kier alpha value is -1.17. The lowest BCUT2D eigenvalue weighted by molar-refractivity contribution is 0.145. The predicted molar refractivity (Wildman–Crippen MR) is 69.6 cm³/mol. The molecule has 0 aliphatic carbocycles. The van der Waals surface area contributed by atoms with E-state index in [0.29, 0.717) is 15.8 Å². The molecule has 96 valence electrons. The fourth-order valence-corrected chi connectivity index (χ4v) is 2.39. The Bertz CT molecular complexity index is 529. The van der Waals surface area contributed by atoms with Crippen LogP contribution in [0.1, 0.15) is 23.1 Å². The molecule has 0 aliphatic heterocycles. The van der Waals surface area contributed by atoms with Crippen LogP contribution in [-0.4, -0.2) is 11.7 Å². The molecule has 2 rings (SSSR count). The lowest BCUT2D eigenvalue weighted by Crippen LogP contribution is -2.20. The normalized spacial score (nSPS) is 14.4. The van der Waals surface area contributed by atoms with Crippen LogP contribution in [0.4, 0.5) is 4.39 Å². The van der Waals surface area contributed by atoms with Crippen LogP contribution in [-0.2, 0) is 0 Å². The highest BCUT2D eigenvalue weighted by molar-refractivity contribution is 9.10. The maximum Gasteiger partial charge on any atom is 0.174 e. The van der Waals surface area contributed by atoms with E-state index in [0.717, 1.165) is 0 Å². The molecular weight excluding hydrogens is 301 g/mol. The van der Waals surface area contributed by atoms with Crippen molar-refractivity contribution in [1.82, 2.24) is 0 Å². The van der Waals surface area contributed by atoms with Gasteiger partial charge >= 0.3 is 0 Å². The van der Waals surface area contributed by atoms with Gasteiger partial charge in [0.2, 0.25) is 0 Å². The van der Waals surface area contributed by atoms with Crippen molar-refractivity contribution >= 4 is 15.9 Å². The van der Waals surface area contributed by atoms with Crippen molar-refractivity contribution in [3.8, 4) is 0 Å². The molecule has 0 saturated carbocycles. The number of nitrogens with two attached hydrogens (primary N) is 1. The minimum absolute atomic E-state index is 0.211. The van der Waals surface area contributed by atoms with Gasteiger partial charge in [0.25, 0.3) is 0 Å². The molecule has 0 bridgehead atoms. The summed E-state index contributed by atoms with van der Waals surface area (Å²) in [6.45, 7) is 0.211. The molecule has 2 aromatic rings. The molecule has 1 aromatic carbocycles. The number of rotatable bonds is 4. The van der Waals surface area contributed by atoms with Gasteiger partial charge in [0.1, 0.15) is 5.82 Å². The van der Waals surface area contributed by atoms with Crippen molar-refractivity contribution in [2.24, 2.45) is 5.73 Å². The SMILES string of the molecule is NCC(c1cccc(F)c1)C(O)c1ccoc1Br. The molecule has 1 heterocycles. The first-order chi connectivity index (χ1) is 8.63. The summed E-state index contributed by atoms with van der Waals surface area (Å²) in [6.07, 6.45) is 0.631. The highest BCUT2D eigenvalue weighted by Gasteiger charge is 2.24. The van der Waals surface area contributed by atoms with Crippen molar-refractivity contribution in [2.75, 3.05) is 6.54 Å². The van der Waals surface area contributed by atoms with Crippen LogP contribution in [0.3, 0.4) is 0 Å². The van der Waals surface area contributed by atoms with Crippen LogP contribution in [0.15, 0.2) is 45.7 Å². The molecule has 5 heteroatoms. The van der Waals surface area contributed by atoms with Gasteiger partial charge in [-0.15, -0.1) is 0 Å². The Morgan fingerprint density at radius 1 is 1.39 bits per heavy atom. The van der Waals surface area contributed by atoms with Gasteiger partial charge in [-0.25, -0.2) is 4.39 Å². The van der Waals surface area contributed by atoms with Crippen molar-refractivity contribution in [3.05, 3.63) is 58.2 Å². The molecule has 0 fully saturated rings. The summed E-state index contributed by atoms with van der Waals surface area (Å²) in [5, 5.41) is 10.3. The van der Waals surface area contributed by atoms with Crippen LogP contribution in [0.2, 0.25) is 0 Å². The molecule has 2 unspecified atom stereocenters. The smallest absolute Gasteiger partial charge is 0.174 e. The molecular formula is C13H13BrFNO2. The Balaban J connectivity index is 2.32. The Labute approximate surface area is 113 Å². The number of hydrogen-bond donors (Lipinski definition) is 2. The van der Waals surface area contributed by atoms with Crippen LogP contribution >= 0.6 is 15.9 Å². The van der Waals surface area contributed by atoms with E-state index < -0.39 is 6.10 Å². The second-order valence-electron chi connectivity index (χ2n) is 3.99. The monoisotopic (exact) mass is 313 g/mol. The fraction of sp³-hybridized carbons (Fsp3) is 0.231. The van der Waals surface area contributed by atoms with Crippen LogP contribution < -0.4 is 5.73 Å². The van der Waals surface area contributed by atoms with Gasteiger partial charge in [0, 0.05) is 18.0 Å². The minimum atomic E-state index is -0.843. The third kappa shape index (κ3) is 2.63. The largest absolute Gasteiger partial charge is 0.457 e. The lowest BCUT2D eigenvalue weighted by Gasteiger charge is -2.21. The lowest BCUT2D eigenvalue weighted by atomic mass is 9.90. The number of benzene rings is 1. The van der Waals surface area contributed by atoms with Gasteiger partial charge in [-0.3, -0.25) is 0 Å². The van der Waals surface area contributed by atoms with E-state index in [-0.39, 0.29) is 18.3 Å². The van der Waals surface area contributed by atoms with E-state index in [2.05, 4.69) is 15.9 Å². The first-order valence-corrected chi connectivity index (χ1v) is 6.29. The third-order valence-corrected chi connectivity index (χ3v) is 3.52. The molecule has 18 heavy (non-hydrogen) atoms. The van der Waals surface area contributed by atoms with E-state index in [1.165, 1.54) is 18.4 Å². The summed E-state index contributed by atoms with van der Waals surface area (Å²) < 4.78 is 18.7. The molecule has 3 nitrogen and oxygen atoms in total. The van der Waals surface area contributed by atoms with Crippen molar-refractivity contribution in [1.29, 1.82) is 0 Å². The topological polar surface area (TPSA) is 59.4 Å². The van der Waals surface area contributed by atoms with E-state index >= 15 is 0 Å². The van der Waals surface area contributed by atoms with E-state index in [9.17, 15) is 9.50 Å². The summed E-state index contributed by atoms with van der Waals surface area (Å²) >= 11 is 3.21. The molecule has 0 radical (unpaired) electrons. The number of aliphatic hydroxyl groups excluding tert-OH is 1. The molecule has 0 amide bonds. The zero-order valence-electron chi connectivity index (χ0n) is 9.51. The quantitative estimate of drug-likeness (QED) is 0.912. The Kier molecular flexibility index (Phi) is 4.16. The average Bonchev–Trinajstić information content (AvgIpc) is 2.76. The van der Waals surface area contributed by atoms with Crippen molar-refractivity contribution in [2.45, 2.75) is 12.0 Å². The third-order valence-electron chi connectivity index (χ3n) is 2.88. The van der Waals surface area contributed by atoms with E-state index in [4.69, 9.17) is 10.2 Å². The highest BCUT2D eigenvalue weighted by Crippen LogP contribution is 2.34. The van der Waals surface area contributed by atoms with Crippen molar-refractivity contribution in [3.63, 3.8) is 0 Å². The van der Waals surface area contributed by atoms with Gasteiger partial charge in [-0.1, -0.05) is 12.1 Å². The number of halogens is 2. The first kappa shape index (κ1) is 13.3. The van der Waals surface area contributed by atoms with Gasteiger partial charge in [-0.2, -0.15) is 0 Å². The maximum atomic E-state index is 13.2. The first-order valence-electron chi connectivity index (χ1n) is 5.50. The second-order valence-corrected chi connectivity index (χ2v) is 4.71. The summed E-state index contributed by atoms with van der Waals surface area (Å²) in [5.74, 6) is -0.723. The van der Waals surface area contributed by atoms with Gasteiger partial charge < -0.3 is 15.3 Å². The summed E-state index contributed by atoms with van der Waals surface area (Å²) in [4.78, 5) is 0. The summed E-state index contributed by atoms with van der Waals surface area (Å²) in [6, 6.07) is 7.75. The maximum absolute atomic E-state index is 13.2. The Morgan fingerprint density at radius 3 is 2.72 bits per heavy atom.